The van der Waals surface area contributed by atoms with Crippen LogP contribution in [0.15, 0.2) is 48.5 Å². The van der Waals surface area contributed by atoms with Gasteiger partial charge in [-0.25, -0.2) is 0 Å². The second-order valence-corrected chi connectivity index (χ2v) is 5.74. The lowest BCUT2D eigenvalue weighted by atomic mass is 9.99. The molecule has 2 nitrogen and oxygen atoms in total. The number of hydrogen-bond donors (Lipinski definition) is 1. The summed E-state index contributed by atoms with van der Waals surface area (Å²) in [5, 5.41) is 0.807. The van der Waals surface area contributed by atoms with E-state index in [9.17, 15) is 0 Å². The largest absolute Gasteiger partial charge is 0.370 e. The smallest absolute Gasteiger partial charge is 0.0642 e. The summed E-state index contributed by atoms with van der Waals surface area (Å²) in [5.41, 5.74) is 9.28. The molecule has 2 aromatic rings. The zero-order valence-corrected chi connectivity index (χ0v) is 12.2. The third-order valence-corrected chi connectivity index (χ3v) is 4.35. The van der Waals surface area contributed by atoms with E-state index in [2.05, 4.69) is 47.4 Å². The molecule has 2 aromatic carbocycles. The van der Waals surface area contributed by atoms with Crippen LogP contribution in [0.3, 0.4) is 0 Å². The van der Waals surface area contributed by atoms with E-state index in [0.717, 1.165) is 29.4 Å². The van der Waals surface area contributed by atoms with E-state index >= 15 is 0 Å². The first-order valence-corrected chi connectivity index (χ1v) is 7.44. The first kappa shape index (κ1) is 13.5. The van der Waals surface area contributed by atoms with Crippen molar-refractivity contribution in [1.29, 1.82) is 0 Å². The lowest BCUT2D eigenvalue weighted by Crippen LogP contribution is -2.19. The average molecular weight is 287 g/mol. The van der Waals surface area contributed by atoms with Crippen molar-refractivity contribution in [3.05, 3.63) is 64.7 Å². The van der Waals surface area contributed by atoms with Gasteiger partial charge < -0.3 is 10.6 Å². The fourth-order valence-corrected chi connectivity index (χ4v) is 3.23. The Labute approximate surface area is 125 Å². The number of hydrogen-bond acceptors (Lipinski definition) is 2. The highest BCUT2D eigenvalue weighted by atomic mass is 35.5. The van der Waals surface area contributed by atoms with Crippen LogP contribution in [0.1, 0.15) is 23.5 Å². The SMILES string of the molecule is NCc1ccc(N2CCC(c3ccccc3)C2)c(Cl)c1. The Balaban J connectivity index is 1.77. The van der Waals surface area contributed by atoms with Crippen molar-refractivity contribution in [1.82, 2.24) is 0 Å². The molecule has 0 bridgehead atoms. The van der Waals surface area contributed by atoms with E-state index in [-0.39, 0.29) is 0 Å². The standard InChI is InChI=1S/C17H19ClN2/c18-16-10-13(11-19)6-7-17(16)20-9-8-15(12-20)14-4-2-1-3-5-14/h1-7,10,15H,8-9,11-12,19H2. The molecule has 1 unspecified atom stereocenters. The summed E-state index contributed by atoms with van der Waals surface area (Å²) in [6.07, 6.45) is 1.18. The number of halogens is 1. The number of benzene rings is 2. The molecule has 1 fully saturated rings. The number of nitrogens with zero attached hydrogens (tertiary/aromatic N) is 1. The van der Waals surface area contributed by atoms with E-state index in [4.69, 9.17) is 17.3 Å². The molecule has 0 spiro atoms. The van der Waals surface area contributed by atoms with Crippen molar-refractivity contribution < 1.29 is 0 Å². The zero-order valence-electron chi connectivity index (χ0n) is 11.4. The van der Waals surface area contributed by atoms with Crippen LogP contribution >= 0.6 is 11.6 Å². The average Bonchev–Trinajstić information content (AvgIpc) is 2.97. The Kier molecular flexibility index (Phi) is 3.95. The van der Waals surface area contributed by atoms with Crippen LogP contribution in [-0.2, 0) is 6.54 Å². The van der Waals surface area contributed by atoms with Gasteiger partial charge in [0.2, 0.25) is 0 Å². The minimum atomic E-state index is 0.534. The van der Waals surface area contributed by atoms with Crippen LogP contribution in [0.5, 0.6) is 0 Å². The van der Waals surface area contributed by atoms with Gasteiger partial charge in [0, 0.05) is 25.6 Å². The van der Waals surface area contributed by atoms with Crippen molar-refractivity contribution in [3.8, 4) is 0 Å². The van der Waals surface area contributed by atoms with E-state index in [1.165, 1.54) is 12.0 Å². The van der Waals surface area contributed by atoms with Crippen LogP contribution in [0.25, 0.3) is 0 Å². The normalized spacial score (nSPS) is 18.5. The molecule has 104 valence electrons. The summed E-state index contributed by atoms with van der Waals surface area (Å²) in [7, 11) is 0. The predicted octanol–water partition coefficient (Wildman–Crippen LogP) is 3.79. The molecular formula is C17H19ClN2. The number of nitrogens with two attached hydrogens (primary N) is 1. The van der Waals surface area contributed by atoms with E-state index in [1.807, 2.05) is 6.07 Å². The van der Waals surface area contributed by atoms with Gasteiger partial charge in [0.1, 0.15) is 0 Å². The molecule has 3 heteroatoms. The Morgan fingerprint density at radius 1 is 1.15 bits per heavy atom. The molecular weight excluding hydrogens is 268 g/mol. The minimum absolute atomic E-state index is 0.534. The molecule has 20 heavy (non-hydrogen) atoms. The molecule has 1 saturated heterocycles. The zero-order chi connectivity index (χ0) is 13.9. The van der Waals surface area contributed by atoms with E-state index < -0.39 is 0 Å². The van der Waals surface area contributed by atoms with Gasteiger partial charge in [-0.05, 0) is 29.7 Å². The topological polar surface area (TPSA) is 29.3 Å². The second-order valence-electron chi connectivity index (χ2n) is 5.33. The van der Waals surface area contributed by atoms with Gasteiger partial charge >= 0.3 is 0 Å². The third-order valence-electron chi connectivity index (χ3n) is 4.05. The van der Waals surface area contributed by atoms with E-state index in [1.54, 1.807) is 0 Å². The first-order chi connectivity index (χ1) is 9.78. The van der Waals surface area contributed by atoms with Gasteiger partial charge in [-0.15, -0.1) is 0 Å². The summed E-state index contributed by atoms with van der Waals surface area (Å²) < 4.78 is 0. The molecule has 1 aliphatic rings. The maximum atomic E-state index is 6.38. The van der Waals surface area contributed by atoms with Crippen molar-refractivity contribution in [3.63, 3.8) is 0 Å². The number of rotatable bonds is 3. The fraction of sp³-hybridized carbons (Fsp3) is 0.294. The van der Waals surface area contributed by atoms with Gasteiger partial charge in [0.05, 0.1) is 10.7 Å². The Hall–Kier alpha value is -1.51. The van der Waals surface area contributed by atoms with Crippen LogP contribution in [0.2, 0.25) is 5.02 Å². The van der Waals surface area contributed by atoms with Crippen LogP contribution < -0.4 is 10.6 Å². The summed E-state index contributed by atoms with van der Waals surface area (Å²) >= 11 is 6.38. The molecule has 0 saturated carbocycles. The lowest BCUT2D eigenvalue weighted by Gasteiger charge is -2.20. The molecule has 1 atom stereocenters. The fourth-order valence-electron chi connectivity index (χ4n) is 2.91. The van der Waals surface area contributed by atoms with Gasteiger partial charge in [-0.1, -0.05) is 48.0 Å². The second kappa shape index (κ2) is 5.86. The molecule has 1 heterocycles. The predicted molar refractivity (Wildman–Crippen MR) is 85.4 cm³/mol. The Morgan fingerprint density at radius 3 is 2.65 bits per heavy atom. The third kappa shape index (κ3) is 2.67. The molecule has 1 aliphatic heterocycles. The van der Waals surface area contributed by atoms with Crippen LogP contribution in [-0.4, -0.2) is 13.1 Å². The van der Waals surface area contributed by atoms with Crippen molar-refractivity contribution in [2.75, 3.05) is 18.0 Å². The molecule has 0 aliphatic carbocycles. The quantitative estimate of drug-likeness (QED) is 0.930. The minimum Gasteiger partial charge on any atom is -0.370 e. The summed E-state index contributed by atoms with van der Waals surface area (Å²) in [4.78, 5) is 2.38. The Morgan fingerprint density at radius 2 is 1.95 bits per heavy atom. The van der Waals surface area contributed by atoms with Crippen molar-refractivity contribution in [2.24, 2.45) is 5.73 Å². The monoisotopic (exact) mass is 286 g/mol. The van der Waals surface area contributed by atoms with Crippen LogP contribution in [0, 0.1) is 0 Å². The molecule has 0 radical (unpaired) electrons. The molecule has 0 aromatic heterocycles. The number of anilines is 1. The maximum absolute atomic E-state index is 6.38. The van der Waals surface area contributed by atoms with Gasteiger partial charge in [0.25, 0.3) is 0 Å². The summed E-state index contributed by atoms with van der Waals surface area (Å²) in [6, 6.07) is 16.9. The lowest BCUT2D eigenvalue weighted by molar-refractivity contribution is 0.775. The first-order valence-electron chi connectivity index (χ1n) is 7.06. The molecule has 2 N–H and O–H groups in total. The Bertz CT molecular complexity index is 583. The van der Waals surface area contributed by atoms with E-state index in [0.29, 0.717) is 12.5 Å². The summed E-state index contributed by atoms with van der Waals surface area (Å²) in [6.45, 7) is 2.62. The summed E-state index contributed by atoms with van der Waals surface area (Å²) in [5.74, 6) is 0.599. The van der Waals surface area contributed by atoms with Gasteiger partial charge in [-0.3, -0.25) is 0 Å². The highest BCUT2D eigenvalue weighted by molar-refractivity contribution is 6.33. The van der Waals surface area contributed by atoms with Crippen molar-refractivity contribution in [2.45, 2.75) is 18.9 Å². The van der Waals surface area contributed by atoms with Gasteiger partial charge in [-0.2, -0.15) is 0 Å². The van der Waals surface area contributed by atoms with Gasteiger partial charge in [0.15, 0.2) is 0 Å². The highest BCUT2D eigenvalue weighted by Crippen LogP contribution is 2.34. The maximum Gasteiger partial charge on any atom is 0.0642 e. The van der Waals surface area contributed by atoms with Crippen molar-refractivity contribution >= 4 is 17.3 Å². The molecule has 0 amide bonds. The highest BCUT2D eigenvalue weighted by Gasteiger charge is 2.25. The molecule has 3 rings (SSSR count). The van der Waals surface area contributed by atoms with Crippen LogP contribution in [0.4, 0.5) is 5.69 Å².